The number of esters is 1. The predicted molar refractivity (Wildman–Crippen MR) is 97.3 cm³/mol. The first-order valence-corrected chi connectivity index (χ1v) is 8.13. The number of benzene rings is 2. The first-order valence-electron chi connectivity index (χ1n) is 8.13. The van der Waals surface area contributed by atoms with Crippen molar-refractivity contribution in [2.75, 3.05) is 11.9 Å². The van der Waals surface area contributed by atoms with Gasteiger partial charge >= 0.3 is 5.97 Å². The van der Waals surface area contributed by atoms with E-state index in [0.29, 0.717) is 22.6 Å². The van der Waals surface area contributed by atoms with Crippen LogP contribution in [0.15, 0.2) is 48.5 Å². The summed E-state index contributed by atoms with van der Waals surface area (Å²) in [4.78, 5) is 35.1. The van der Waals surface area contributed by atoms with E-state index in [1.165, 1.54) is 13.8 Å². The van der Waals surface area contributed by atoms with E-state index in [4.69, 9.17) is 14.7 Å². The van der Waals surface area contributed by atoms with Crippen molar-refractivity contribution < 1.29 is 23.9 Å². The number of amides is 1. The number of carbonyl (C=O) groups excluding carboxylic acids is 3. The molecule has 0 heterocycles. The molecule has 0 saturated heterocycles. The molecule has 1 amide bonds. The lowest BCUT2D eigenvalue weighted by molar-refractivity contribution is -0.155. The molecule has 0 radical (unpaired) electrons. The third-order valence-electron chi connectivity index (χ3n) is 3.58. The second-order valence-electron chi connectivity index (χ2n) is 5.68. The van der Waals surface area contributed by atoms with Crippen LogP contribution in [0.4, 0.5) is 5.69 Å². The smallest absolute Gasteiger partial charge is 0.344 e. The van der Waals surface area contributed by atoms with E-state index in [9.17, 15) is 14.4 Å². The molecule has 1 atom stereocenters. The highest BCUT2D eigenvalue weighted by Crippen LogP contribution is 2.13. The summed E-state index contributed by atoms with van der Waals surface area (Å²) in [5.41, 5.74) is 1.50. The summed E-state index contributed by atoms with van der Waals surface area (Å²) in [6, 6.07) is 14.6. The highest BCUT2D eigenvalue weighted by molar-refractivity contribution is 5.95. The van der Waals surface area contributed by atoms with Crippen LogP contribution < -0.4 is 10.1 Å². The van der Waals surface area contributed by atoms with Gasteiger partial charge in [-0.2, -0.15) is 5.26 Å². The number of ether oxygens (including phenoxy) is 2. The maximum atomic E-state index is 12.1. The Morgan fingerprint density at radius 3 is 2.26 bits per heavy atom. The van der Waals surface area contributed by atoms with E-state index in [0.717, 1.165) is 0 Å². The Hall–Kier alpha value is -3.66. The second-order valence-corrected chi connectivity index (χ2v) is 5.68. The Labute approximate surface area is 156 Å². The van der Waals surface area contributed by atoms with Crippen molar-refractivity contribution in [2.45, 2.75) is 20.0 Å². The number of hydrogen-bond acceptors (Lipinski definition) is 6. The van der Waals surface area contributed by atoms with Crippen LogP contribution in [0.1, 0.15) is 29.8 Å². The zero-order valence-electron chi connectivity index (χ0n) is 14.9. The molecule has 2 aromatic carbocycles. The summed E-state index contributed by atoms with van der Waals surface area (Å²) in [7, 11) is 0. The first-order chi connectivity index (χ1) is 12.9. The molecule has 7 nitrogen and oxygen atoms in total. The summed E-state index contributed by atoms with van der Waals surface area (Å²) < 4.78 is 10.3. The zero-order chi connectivity index (χ0) is 19.8. The quantitative estimate of drug-likeness (QED) is 0.597. The topological polar surface area (TPSA) is 105 Å². The van der Waals surface area contributed by atoms with Gasteiger partial charge in [0.05, 0.1) is 11.6 Å². The molecule has 2 aromatic rings. The average molecular weight is 366 g/mol. The van der Waals surface area contributed by atoms with Crippen LogP contribution in [0.3, 0.4) is 0 Å². The average Bonchev–Trinajstić information content (AvgIpc) is 2.67. The fourth-order valence-electron chi connectivity index (χ4n) is 2.08. The highest BCUT2D eigenvalue weighted by Gasteiger charge is 2.18. The number of nitriles is 1. The molecular formula is C20H18N2O5. The number of nitrogens with zero attached hydrogens (tertiary/aromatic N) is 1. The van der Waals surface area contributed by atoms with E-state index in [2.05, 4.69) is 5.32 Å². The van der Waals surface area contributed by atoms with Crippen LogP contribution in [0.25, 0.3) is 0 Å². The minimum Gasteiger partial charge on any atom is -0.482 e. The maximum Gasteiger partial charge on any atom is 0.344 e. The molecule has 0 aromatic heterocycles. The zero-order valence-corrected chi connectivity index (χ0v) is 14.9. The monoisotopic (exact) mass is 366 g/mol. The Morgan fingerprint density at radius 1 is 1.07 bits per heavy atom. The van der Waals surface area contributed by atoms with Crippen molar-refractivity contribution in [1.82, 2.24) is 0 Å². The number of carbonyl (C=O) groups is 3. The summed E-state index contributed by atoms with van der Waals surface area (Å²) in [6.07, 6.45) is -1.02. The molecular weight excluding hydrogens is 348 g/mol. The van der Waals surface area contributed by atoms with Gasteiger partial charge in [0.15, 0.2) is 18.5 Å². The summed E-state index contributed by atoms with van der Waals surface area (Å²) in [5, 5.41) is 11.3. The summed E-state index contributed by atoms with van der Waals surface area (Å²) in [6.45, 7) is 2.53. The molecule has 0 aliphatic heterocycles. The molecule has 27 heavy (non-hydrogen) atoms. The van der Waals surface area contributed by atoms with Crippen LogP contribution in [-0.2, 0) is 14.3 Å². The maximum absolute atomic E-state index is 12.1. The van der Waals surface area contributed by atoms with Gasteiger partial charge in [0.25, 0.3) is 5.91 Å². The second kappa shape index (κ2) is 9.15. The van der Waals surface area contributed by atoms with Crippen LogP contribution in [-0.4, -0.2) is 30.4 Å². The standard InChI is InChI=1S/C20H18N2O5/c1-13(23)16-5-9-18(10-6-16)26-12-19(24)27-14(2)20(25)22-17-7-3-15(11-21)4-8-17/h3-10,14H,12H2,1-2H3,(H,22,25)/t14-/m0/s1. The Kier molecular flexibility index (Phi) is 6.67. The Morgan fingerprint density at radius 2 is 1.70 bits per heavy atom. The third-order valence-corrected chi connectivity index (χ3v) is 3.58. The van der Waals surface area contributed by atoms with Crippen LogP contribution in [0, 0.1) is 11.3 Å². The first kappa shape index (κ1) is 19.7. The van der Waals surface area contributed by atoms with E-state index in [-0.39, 0.29) is 12.4 Å². The van der Waals surface area contributed by atoms with Gasteiger partial charge in [0.2, 0.25) is 0 Å². The lowest BCUT2D eigenvalue weighted by atomic mass is 10.1. The van der Waals surface area contributed by atoms with Gasteiger partial charge in [-0.15, -0.1) is 0 Å². The Bertz CT molecular complexity index is 867. The van der Waals surface area contributed by atoms with Gasteiger partial charge in [0.1, 0.15) is 5.75 Å². The lowest BCUT2D eigenvalue weighted by Crippen LogP contribution is -2.31. The molecule has 0 aliphatic carbocycles. The van der Waals surface area contributed by atoms with Gasteiger partial charge in [-0.1, -0.05) is 0 Å². The number of Topliss-reactive ketones (excluding diaryl/α,β-unsaturated/α-hetero) is 1. The van der Waals surface area contributed by atoms with Gasteiger partial charge in [0, 0.05) is 11.3 Å². The SMILES string of the molecule is CC(=O)c1ccc(OCC(=O)O[C@@H](C)C(=O)Nc2ccc(C#N)cc2)cc1. The number of rotatable bonds is 7. The fourth-order valence-corrected chi connectivity index (χ4v) is 2.08. The minimum absolute atomic E-state index is 0.0666. The summed E-state index contributed by atoms with van der Waals surface area (Å²) in [5.74, 6) is -0.860. The molecule has 2 rings (SSSR count). The lowest BCUT2D eigenvalue weighted by Gasteiger charge is -2.14. The van der Waals surface area contributed by atoms with E-state index in [1.54, 1.807) is 48.5 Å². The van der Waals surface area contributed by atoms with Crippen LogP contribution in [0.2, 0.25) is 0 Å². The molecule has 0 bridgehead atoms. The van der Waals surface area contributed by atoms with Crippen LogP contribution in [0.5, 0.6) is 5.75 Å². The van der Waals surface area contributed by atoms with Gasteiger partial charge < -0.3 is 14.8 Å². The molecule has 0 spiro atoms. The van der Waals surface area contributed by atoms with Gasteiger partial charge in [-0.3, -0.25) is 9.59 Å². The summed E-state index contributed by atoms with van der Waals surface area (Å²) >= 11 is 0. The number of hydrogen-bond donors (Lipinski definition) is 1. The van der Waals surface area contributed by atoms with Crippen molar-refractivity contribution >= 4 is 23.3 Å². The Balaban J connectivity index is 1.80. The van der Waals surface area contributed by atoms with Crippen LogP contribution >= 0.6 is 0 Å². The number of anilines is 1. The van der Waals surface area contributed by atoms with E-state index in [1.807, 2.05) is 6.07 Å². The molecule has 0 unspecified atom stereocenters. The normalized spacial score (nSPS) is 11.0. The number of ketones is 1. The molecule has 0 saturated carbocycles. The van der Waals surface area contributed by atoms with Gasteiger partial charge in [-0.25, -0.2) is 4.79 Å². The van der Waals surface area contributed by atoms with Gasteiger partial charge in [-0.05, 0) is 62.4 Å². The minimum atomic E-state index is -1.02. The number of nitrogens with one attached hydrogen (secondary N) is 1. The predicted octanol–water partition coefficient (Wildman–Crippen LogP) is 2.71. The molecule has 138 valence electrons. The highest BCUT2D eigenvalue weighted by atomic mass is 16.6. The van der Waals surface area contributed by atoms with E-state index >= 15 is 0 Å². The molecule has 0 aliphatic rings. The van der Waals surface area contributed by atoms with E-state index < -0.39 is 18.0 Å². The molecule has 1 N–H and O–H groups in total. The molecule has 7 heteroatoms. The van der Waals surface area contributed by atoms with Crippen molar-refractivity contribution in [2.24, 2.45) is 0 Å². The van der Waals surface area contributed by atoms with Crippen molar-refractivity contribution in [1.29, 1.82) is 5.26 Å². The van der Waals surface area contributed by atoms with Crippen molar-refractivity contribution in [3.8, 4) is 11.8 Å². The largest absolute Gasteiger partial charge is 0.482 e. The van der Waals surface area contributed by atoms with Crippen molar-refractivity contribution in [3.05, 3.63) is 59.7 Å². The van der Waals surface area contributed by atoms with Crippen molar-refractivity contribution in [3.63, 3.8) is 0 Å². The fraction of sp³-hybridized carbons (Fsp3) is 0.200. The molecule has 0 fully saturated rings. The third kappa shape index (κ3) is 5.97.